The van der Waals surface area contributed by atoms with Crippen molar-refractivity contribution >= 4 is 6.09 Å². The number of ether oxygens (including phenoxy) is 1. The normalized spacial score (nSPS) is 11.7. The van der Waals surface area contributed by atoms with Crippen LogP contribution in [-0.2, 0) is 17.7 Å². The number of nitrogens with zero attached hydrogens (tertiary/aromatic N) is 2. The number of imidazole rings is 1. The molecule has 0 fully saturated rings. The van der Waals surface area contributed by atoms with E-state index in [9.17, 15) is 4.79 Å². The zero-order valence-electron chi connectivity index (χ0n) is 13.3. The minimum absolute atomic E-state index is 0.356. The van der Waals surface area contributed by atoms with Crippen molar-refractivity contribution in [2.45, 2.75) is 59.6 Å². The van der Waals surface area contributed by atoms with Crippen molar-refractivity contribution in [2.75, 3.05) is 6.54 Å². The summed E-state index contributed by atoms with van der Waals surface area (Å²) in [7, 11) is 0. The molecule has 0 aliphatic carbocycles. The van der Waals surface area contributed by atoms with Gasteiger partial charge in [-0.25, -0.2) is 9.78 Å². The van der Waals surface area contributed by atoms with Crippen molar-refractivity contribution in [1.29, 1.82) is 0 Å². The summed E-state index contributed by atoms with van der Waals surface area (Å²) in [5.41, 5.74) is -0.446. The third-order valence-electron chi connectivity index (χ3n) is 2.64. The Balaban J connectivity index is 2.28. The molecule has 20 heavy (non-hydrogen) atoms. The summed E-state index contributed by atoms with van der Waals surface area (Å²) in [6.45, 7) is 11.4. The van der Waals surface area contributed by atoms with Crippen LogP contribution in [0, 0.1) is 5.92 Å². The molecule has 0 aliphatic heterocycles. The Morgan fingerprint density at radius 3 is 2.75 bits per heavy atom. The fraction of sp³-hybridized carbons (Fsp3) is 0.733. The smallest absolute Gasteiger partial charge is 0.407 e. The molecule has 1 heterocycles. The van der Waals surface area contributed by atoms with Gasteiger partial charge in [0, 0.05) is 31.9 Å². The topological polar surface area (TPSA) is 56.2 Å². The van der Waals surface area contributed by atoms with Crippen LogP contribution >= 0.6 is 0 Å². The lowest BCUT2D eigenvalue weighted by Gasteiger charge is -2.19. The summed E-state index contributed by atoms with van der Waals surface area (Å²) in [5.74, 6) is 1.70. The van der Waals surface area contributed by atoms with Crippen LogP contribution in [0.5, 0.6) is 0 Å². The first-order valence-electron chi connectivity index (χ1n) is 7.25. The summed E-state index contributed by atoms with van der Waals surface area (Å²) in [5, 5.41) is 2.77. The maximum absolute atomic E-state index is 11.5. The molecule has 0 atom stereocenters. The molecule has 0 unspecified atom stereocenters. The van der Waals surface area contributed by atoms with E-state index in [-0.39, 0.29) is 6.09 Å². The molecular weight excluding hydrogens is 254 g/mol. The van der Waals surface area contributed by atoms with Gasteiger partial charge in [0.2, 0.25) is 0 Å². The van der Waals surface area contributed by atoms with Crippen LogP contribution in [0.2, 0.25) is 0 Å². The maximum Gasteiger partial charge on any atom is 0.407 e. The summed E-state index contributed by atoms with van der Waals surface area (Å²) in [6.07, 6.45) is 5.31. The number of nitrogens with one attached hydrogen (secondary N) is 1. The number of aryl methyl sites for hydroxylation is 1. The molecule has 0 aromatic carbocycles. The van der Waals surface area contributed by atoms with Crippen molar-refractivity contribution in [3.8, 4) is 0 Å². The minimum atomic E-state index is -0.446. The summed E-state index contributed by atoms with van der Waals surface area (Å²) < 4.78 is 7.33. The number of carbonyl (C=O) groups is 1. The number of hydrogen-bond donors (Lipinski definition) is 1. The maximum atomic E-state index is 11.5. The highest BCUT2D eigenvalue weighted by molar-refractivity contribution is 5.67. The molecule has 5 heteroatoms. The Labute approximate surface area is 121 Å². The Bertz CT molecular complexity index is 419. The summed E-state index contributed by atoms with van der Waals surface area (Å²) in [4.78, 5) is 15.8. The molecule has 1 aromatic rings. The summed E-state index contributed by atoms with van der Waals surface area (Å²) in [6, 6.07) is 0. The first-order valence-corrected chi connectivity index (χ1v) is 7.25. The van der Waals surface area contributed by atoms with E-state index in [0.717, 1.165) is 25.2 Å². The van der Waals surface area contributed by atoms with Gasteiger partial charge in [-0.05, 0) is 33.1 Å². The first-order chi connectivity index (χ1) is 9.28. The lowest BCUT2D eigenvalue weighted by Crippen LogP contribution is -2.33. The third kappa shape index (κ3) is 6.59. The number of hydrogen-bond acceptors (Lipinski definition) is 3. The number of alkyl carbamates (subject to hydrolysis) is 1. The minimum Gasteiger partial charge on any atom is -0.444 e. The fourth-order valence-electron chi connectivity index (χ4n) is 1.85. The first kappa shape index (κ1) is 16.5. The van der Waals surface area contributed by atoms with Crippen molar-refractivity contribution < 1.29 is 9.53 Å². The van der Waals surface area contributed by atoms with Gasteiger partial charge in [0.25, 0.3) is 0 Å². The largest absolute Gasteiger partial charge is 0.444 e. The number of amides is 1. The number of aromatic nitrogens is 2. The van der Waals surface area contributed by atoms with Crippen LogP contribution in [0.25, 0.3) is 0 Å². The van der Waals surface area contributed by atoms with E-state index >= 15 is 0 Å². The lowest BCUT2D eigenvalue weighted by atomic mass is 10.1. The molecule has 114 valence electrons. The van der Waals surface area contributed by atoms with E-state index in [1.54, 1.807) is 0 Å². The molecule has 0 aliphatic rings. The van der Waals surface area contributed by atoms with Crippen LogP contribution in [0.1, 0.15) is 46.9 Å². The predicted octanol–water partition coefficient (Wildman–Crippen LogP) is 3.00. The van der Waals surface area contributed by atoms with Crippen LogP contribution in [0.15, 0.2) is 12.4 Å². The van der Waals surface area contributed by atoms with Gasteiger partial charge in [-0.15, -0.1) is 0 Å². The molecule has 0 spiro atoms. The lowest BCUT2D eigenvalue weighted by molar-refractivity contribution is 0.0526. The second kappa shape index (κ2) is 7.31. The van der Waals surface area contributed by atoms with Gasteiger partial charge in [-0.3, -0.25) is 0 Å². The molecule has 0 saturated heterocycles. The molecule has 5 nitrogen and oxygen atoms in total. The zero-order chi connectivity index (χ0) is 15.2. The quantitative estimate of drug-likeness (QED) is 0.815. The van der Waals surface area contributed by atoms with E-state index in [4.69, 9.17) is 4.74 Å². The van der Waals surface area contributed by atoms with Gasteiger partial charge >= 0.3 is 6.09 Å². The number of carbonyl (C=O) groups excluding carboxylic acids is 1. The molecule has 1 N–H and O–H groups in total. The zero-order valence-corrected chi connectivity index (χ0v) is 13.3. The Morgan fingerprint density at radius 2 is 2.15 bits per heavy atom. The Kier molecular flexibility index (Phi) is 6.05. The van der Waals surface area contributed by atoms with Gasteiger partial charge in [0.15, 0.2) is 0 Å². The van der Waals surface area contributed by atoms with E-state index < -0.39 is 5.60 Å². The summed E-state index contributed by atoms with van der Waals surface area (Å²) >= 11 is 0. The van der Waals surface area contributed by atoms with Crippen LogP contribution in [0.3, 0.4) is 0 Å². The number of rotatable bonds is 6. The van der Waals surface area contributed by atoms with E-state index in [1.165, 1.54) is 0 Å². The highest BCUT2D eigenvalue weighted by Crippen LogP contribution is 2.08. The Morgan fingerprint density at radius 1 is 1.45 bits per heavy atom. The third-order valence-corrected chi connectivity index (χ3v) is 2.64. The monoisotopic (exact) mass is 281 g/mol. The van der Waals surface area contributed by atoms with Crippen molar-refractivity contribution in [1.82, 2.24) is 14.9 Å². The molecule has 1 amide bonds. The molecule has 1 rings (SSSR count). The standard InChI is InChI=1S/C15H27N3O2/c1-12(2)11-13-16-8-10-18(13)9-6-7-17-14(19)20-15(3,4)5/h8,10,12H,6-7,9,11H2,1-5H3,(H,17,19). The van der Waals surface area contributed by atoms with Crippen molar-refractivity contribution in [3.05, 3.63) is 18.2 Å². The highest BCUT2D eigenvalue weighted by atomic mass is 16.6. The van der Waals surface area contributed by atoms with Crippen LogP contribution in [-0.4, -0.2) is 27.8 Å². The van der Waals surface area contributed by atoms with E-state index in [0.29, 0.717) is 12.5 Å². The van der Waals surface area contributed by atoms with E-state index in [1.807, 2.05) is 33.2 Å². The van der Waals surface area contributed by atoms with Crippen molar-refractivity contribution in [3.63, 3.8) is 0 Å². The average molecular weight is 281 g/mol. The van der Waals surface area contributed by atoms with Gasteiger partial charge in [-0.1, -0.05) is 13.8 Å². The van der Waals surface area contributed by atoms with Gasteiger partial charge in [0.1, 0.15) is 11.4 Å². The average Bonchev–Trinajstić information content (AvgIpc) is 2.68. The molecule has 1 aromatic heterocycles. The van der Waals surface area contributed by atoms with E-state index in [2.05, 4.69) is 28.7 Å². The molecular formula is C15H27N3O2. The van der Waals surface area contributed by atoms with Crippen molar-refractivity contribution in [2.24, 2.45) is 5.92 Å². The molecule has 0 bridgehead atoms. The molecule has 0 saturated carbocycles. The highest BCUT2D eigenvalue weighted by Gasteiger charge is 2.15. The van der Waals surface area contributed by atoms with Crippen LogP contribution < -0.4 is 5.32 Å². The van der Waals surface area contributed by atoms with Gasteiger partial charge < -0.3 is 14.6 Å². The SMILES string of the molecule is CC(C)Cc1nccn1CCCNC(=O)OC(C)(C)C. The predicted molar refractivity (Wildman–Crippen MR) is 79.6 cm³/mol. The second-order valence-corrected chi connectivity index (χ2v) is 6.42. The Hall–Kier alpha value is -1.52. The van der Waals surface area contributed by atoms with Gasteiger partial charge in [0.05, 0.1) is 0 Å². The molecule has 0 radical (unpaired) electrons. The van der Waals surface area contributed by atoms with Gasteiger partial charge in [-0.2, -0.15) is 0 Å². The fourth-order valence-corrected chi connectivity index (χ4v) is 1.85. The van der Waals surface area contributed by atoms with Crippen LogP contribution in [0.4, 0.5) is 4.79 Å². The second-order valence-electron chi connectivity index (χ2n) is 6.42.